The van der Waals surface area contributed by atoms with Crippen LogP contribution in [-0.4, -0.2) is 46.2 Å². The Labute approximate surface area is 178 Å². The van der Waals surface area contributed by atoms with Crippen molar-refractivity contribution in [2.24, 2.45) is 0 Å². The second-order valence-corrected chi connectivity index (χ2v) is 6.34. The van der Waals surface area contributed by atoms with Gasteiger partial charge in [0.05, 0.1) is 5.56 Å². The van der Waals surface area contributed by atoms with Crippen LogP contribution in [-0.2, 0) is 15.7 Å². The summed E-state index contributed by atoms with van der Waals surface area (Å²) in [6.45, 7) is 9.22. The molecule has 0 saturated heterocycles. The van der Waals surface area contributed by atoms with Crippen molar-refractivity contribution in [3.05, 3.63) is 53.7 Å². The molecule has 0 spiro atoms. The molecule has 0 fully saturated rings. The third kappa shape index (κ3) is 8.63. The highest BCUT2D eigenvalue weighted by Gasteiger charge is 2.30. The first-order chi connectivity index (χ1) is 14.5. The molecule has 2 rings (SSSR count). The fourth-order valence-electron chi connectivity index (χ4n) is 2.64. The van der Waals surface area contributed by atoms with E-state index in [9.17, 15) is 22.8 Å². The van der Waals surface area contributed by atoms with Crippen LogP contribution in [0.25, 0.3) is 0 Å². The lowest BCUT2D eigenvalue weighted by molar-refractivity contribution is -0.154. The van der Waals surface area contributed by atoms with Crippen LogP contribution < -0.4 is 5.32 Å². The fourth-order valence-corrected chi connectivity index (χ4v) is 2.64. The highest BCUT2D eigenvalue weighted by Crippen LogP contribution is 2.31. The number of aromatic carboxylic acids is 1. The maximum Gasteiger partial charge on any atom is 0.416 e. The number of esters is 1. The first kappa shape index (κ1) is 25.9. The maximum absolute atomic E-state index is 12.6. The van der Waals surface area contributed by atoms with Crippen LogP contribution in [0.2, 0.25) is 0 Å². The van der Waals surface area contributed by atoms with E-state index in [0.717, 1.165) is 25.2 Å². The number of hydrogen-bond donors (Lipinski definition) is 2. The minimum Gasteiger partial charge on any atom is -0.478 e. The zero-order valence-corrected chi connectivity index (χ0v) is 17.7. The second-order valence-electron chi connectivity index (χ2n) is 6.34. The van der Waals surface area contributed by atoms with Gasteiger partial charge in [-0.3, -0.25) is 9.69 Å². The van der Waals surface area contributed by atoms with Crippen molar-refractivity contribution >= 4 is 23.4 Å². The van der Waals surface area contributed by atoms with Crippen LogP contribution in [0.15, 0.2) is 42.6 Å². The third-order valence-electron chi connectivity index (χ3n) is 4.15. The monoisotopic (exact) mass is 441 g/mol. The molecule has 31 heavy (non-hydrogen) atoms. The fraction of sp³-hybridized carbons (Fsp3) is 0.381. The Balaban J connectivity index is 0.000000373. The van der Waals surface area contributed by atoms with E-state index in [1.807, 2.05) is 20.8 Å². The lowest BCUT2D eigenvalue weighted by atomic mass is 10.2. The van der Waals surface area contributed by atoms with Crippen molar-refractivity contribution in [3.8, 4) is 0 Å². The molecule has 0 aliphatic heterocycles. The maximum atomic E-state index is 12.6. The lowest BCUT2D eigenvalue weighted by Gasteiger charge is -2.25. The largest absolute Gasteiger partial charge is 0.478 e. The van der Waals surface area contributed by atoms with Crippen LogP contribution in [0.5, 0.6) is 0 Å². The first-order valence-electron chi connectivity index (χ1n) is 9.53. The van der Waals surface area contributed by atoms with E-state index < -0.39 is 17.7 Å². The number of pyridine rings is 1. The zero-order chi connectivity index (χ0) is 23.6. The summed E-state index contributed by atoms with van der Waals surface area (Å²) in [5, 5.41) is 11.5. The first-order valence-corrected chi connectivity index (χ1v) is 9.53. The van der Waals surface area contributed by atoms with Crippen molar-refractivity contribution < 1.29 is 32.6 Å². The Morgan fingerprint density at radius 1 is 1.19 bits per heavy atom. The van der Waals surface area contributed by atoms with Gasteiger partial charge in [-0.05, 0) is 50.3 Å². The number of aromatic nitrogens is 1. The molecule has 1 unspecified atom stereocenters. The minimum atomic E-state index is -4.46. The van der Waals surface area contributed by atoms with E-state index >= 15 is 0 Å². The van der Waals surface area contributed by atoms with Gasteiger partial charge in [-0.15, -0.1) is 0 Å². The standard InChI is InChI=1S/C13H9F3N2O2.C8H17NO2/c14-13(15,16)8-3-1-4-9(7-8)18-11-10(12(19)20)5-2-6-17-11;1-5-9(6-2)7(3)11-8(4)10/h1-7H,(H,17,18)(H,19,20);7H,5-6H2,1-4H3. The summed E-state index contributed by atoms with van der Waals surface area (Å²) >= 11 is 0. The molecule has 1 aromatic heterocycles. The van der Waals surface area contributed by atoms with Crippen LogP contribution in [0.3, 0.4) is 0 Å². The summed E-state index contributed by atoms with van der Waals surface area (Å²) in [7, 11) is 0. The van der Waals surface area contributed by atoms with Gasteiger partial charge >= 0.3 is 18.1 Å². The van der Waals surface area contributed by atoms with E-state index in [1.54, 1.807) is 0 Å². The highest BCUT2D eigenvalue weighted by molar-refractivity contribution is 5.93. The molecule has 2 N–H and O–H groups in total. The number of hydrogen-bond acceptors (Lipinski definition) is 6. The molecule has 7 nitrogen and oxygen atoms in total. The predicted molar refractivity (Wildman–Crippen MR) is 110 cm³/mol. The number of carbonyl (C=O) groups is 2. The number of carboxylic acid groups (broad SMARTS) is 1. The van der Waals surface area contributed by atoms with Crippen molar-refractivity contribution in [2.45, 2.75) is 40.1 Å². The molecular weight excluding hydrogens is 415 g/mol. The number of carboxylic acids is 1. The summed E-state index contributed by atoms with van der Waals surface area (Å²) in [6.07, 6.45) is -3.21. The SMILES string of the molecule is CCN(CC)C(C)OC(C)=O.O=C(O)c1cccnc1Nc1cccc(C(F)(F)F)c1. The molecule has 170 valence electrons. The normalized spacial score (nSPS) is 11.9. The van der Waals surface area contributed by atoms with Crippen LogP contribution in [0.4, 0.5) is 24.7 Å². The molecule has 1 atom stereocenters. The number of rotatable bonds is 7. The van der Waals surface area contributed by atoms with Gasteiger partial charge in [0.25, 0.3) is 0 Å². The predicted octanol–water partition coefficient (Wildman–Crippen LogP) is 4.78. The number of anilines is 2. The number of benzene rings is 1. The summed E-state index contributed by atoms with van der Waals surface area (Å²) in [4.78, 5) is 27.4. The lowest BCUT2D eigenvalue weighted by Crippen LogP contribution is -2.35. The molecule has 0 aliphatic rings. The van der Waals surface area contributed by atoms with Crippen molar-refractivity contribution in [3.63, 3.8) is 0 Å². The number of ether oxygens (including phenoxy) is 1. The Bertz CT molecular complexity index is 871. The molecule has 10 heteroatoms. The van der Waals surface area contributed by atoms with Gasteiger partial charge in [-0.2, -0.15) is 13.2 Å². The Kier molecular flexibility index (Phi) is 9.94. The highest BCUT2D eigenvalue weighted by atomic mass is 19.4. The van der Waals surface area contributed by atoms with E-state index in [0.29, 0.717) is 0 Å². The van der Waals surface area contributed by atoms with Crippen LogP contribution in [0, 0.1) is 0 Å². The molecule has 0 saturated carbocycles. The summed E-state index contributed by atoms with van der Waals surface area (Å²) in [5.41, 5.74) is -0.832. The Hall–Kier alpha value is -3.14. The van der Waals surface area contributed by atoms with Gasteiger partial charge in [0.15, 0.2) is 6.23 Å². The van der Waals surface area contributed by atoms with Crippen molar-refractivity contribution in [2.75, 3.05) is 18.4 Å². The van der Waals surface area contributed by atoms with E-state index in [-0.39, 0.29) is 29.3 Å². The second kappa shape index (κ2) is 11.9. The van der Waals surface area contributed by atoms with Gasteiger partial charge in [0.2, 0.25) is 0 Å². The number of alkyl halides is 3. The molecule has 0 amide bonds. The number of nitrogens with zero attached hydrogens (tertiary/aromatic N) is 2. The Morgan fingerprint density at radius 3 is 2.35 bits per heavy atom. The quantitative estimate of drug-likeness (QED) is 0.472. The minimum absolute atomic E-state index is 0.0145. The van der Waals surface area contributed by atoms with Crippen LogP contribution in [0.1, 0.15) is 43.6 Å². The smallest absolute Gasteiger partial charge is 0.416 e. The summed E-state index contributed by atoms with van der Waals surface area (Å²) < 4.78 is 42.7. The molecule has 2 aromatic rings. The number of carbonyl (C=O) groups excluding carboxylic acids is 1. The average Bonchev–Trinajstić information content (AvgIpc) is 2.69. The number of halogens is 3. The van der Waals surface area contributed by atoms with E-state index in [1.165, 1.54) is 37.4 Å². The van der Waals surface area contributed by atoms with E-state index in [2.05, 4.69) is 15.2 Å². The van der Waals surface area contributed by atoms with Crippen molar-refractivity contribution in [1.29, 1.82) is 0 Å². The van der Waals surface area contributed by atoms with Gasteiger partial charge in [-0.1, -0.05) is 19.9 Å². The molecular formula is C21H26F3N3O4. The summed E-state index contributed by atoms with van der Waals surface area (Å²) in [5.74, 6) is -1.45. The molecule has 0 radical (unpaired) electrons. The van der Waals surface area contributed by atoms with E-state index in [4.69, 9.17) is 9.84 Å². The topological polar surface area (TPSA) is 91.8 Å². The average molecular weight is 441 g/mol. The zero-order valence-electron chi connectivity index (χ0n) is 17.7. The molecule has 1 aromatic carbocycles. The Morgan fingerprint density at radius 2 is 1.84 bits per heavy atom. The van der Waals surface area contributed by atoms with Gasteiger partial charge < -0.3 is 15.2 Å². The number of nitrogens with one attached hydrogen (secondary N) is 1. The third-order valence-corrected chi connectivity index (χ3v) is 4.15. The molecule has 0 bridgehead atoms. The molecule has 0 aliphatic carbocycles. The summed E-state index contributed by atoms with van der Waals surface area (Å²) in [6, 6.07) is 7.19. The van der Waals surface area contributed by atoms with Gasteiger partial charge in [-0.25, -0.2) is 9.78 Å². The van der Waals surface area contributed by atoms with Crippen LogP contribution >= 0.6 is 0 Å². The van der Waals surface area contributed by atoms with Gasteiger partial charge in [0.1, 0.15) is 11.4 Å². The van der Waals surface area contributed by atoms with Crippen molar-refractivity contribution in [1.82, 2.24) is 9.88 Å². The molecule has 1 heterocycles. The van der Waals surface area contributed by atoms with Gasteiger partial charge in [0, 0.05) is 18.8 Å².